The third-order valence-corrected chi connectivity index (χ3v) is 1.93. The Morgan fingerprint density at radius 2 is 1.64 bits per heavy atom. The third-order valence-electron chi connectivity index (χ3n) is 1.61. The summed E-state index contributed by atoms with van der Waals surface area (Å²) in [5.74, 6) is -2.83. The summed E-state index contributed by atoms with van der Waals surface area (Å²) in [5, 5.41) is 17.3. The van der Waals surface area contributed by atoms with Gasteiger partial charge in [0.25, 0.3) is 0 Å². The number of benzene rings is 1. The van der Waals surface area contributed by atoms with Gasteiger partial charge in [-0.25, -0.2) is 9.59 Å². The van der Waals surface area contributed by atoms with E-state index in [-0.39, 0.29) is 10.7 Å². The fourth-order valence-electron chi connectivity index (χ4n) is 1.03. The molecule has 1 aromatic carbocycles. The summed E-state index contributed by atoms with van der Waals surface area (Å²) in [4.78, 5) is 21.4. The highest BCUT2D eigenvalue weighted by Gasteiger charge is 2.21. The van der Waals surface area contributed by atoms with E-state index in [1.807, 2.05) is 0 Å². The van der Waals surface area contributed by atoms with Gasteiger partial charge in [-0.1, -0.05) is 11.6 Å². The van der Waals surface area contributed by atoms with Crippen LogP contribution in [0.3, 0.4) is 0 Å². The predicted octanol–water partition coefficient (Wildman–Crippen LogP) is 1.32. The minimum atomic E-state index is -1.42. The second-order valence-corrected chi connectivity index (χ2v) is 2.90. The first kappa shape index (κ1) is 10.3. The molecule has 0 amide bonds. The van der Waals surface area contributed by atoms with E-state index in [0.717, 1.165) is 0 Å². The van der Waals surface area contributed by atoms with E-state index in [4.69, 9.17) is 27.5 Å². The molecule has 0 atom stereocenters. The number of carbonyl (C=O) groups is 2. The molecule has 0 aromatic heterocycles. The number of aromatic carboxylic acids is 2. The van der Waals surface area contributed by atoms with Crippen LogP contribution in [0.4, 0.5) is 5.69 Å². The molecule has 5 nitrogen and oxygen atoms in total. The van der Waals surface area contributed by atoms with Crippen molar-refractivity contribution in [3.05, 3.63) is 28.3 Å². The fourth-order valence-corrected chi connectivity index (χ4v) is 1.27. The van der Waals surface area contributed by atoms with Crippen LogP contribution >= 0.6 is 11.6 Å². The zero-order valence-electron chi connectivity index (χ0n) is 6.82. The van der Waals surface area contributed by atoms with Crippen molar-refractivity contribution >= 4 is 29.2 Å². The van der Waals surface area contributed by atoms with Gasteiger partial charge in [-0.15, -0.1) is 0 Å². The molecule has 1 rings (SSSR count). The molecule has 0 aliphatic rings. The SMILES string of the molecule is Nc1ccc(Cl)c(C(=O)O)c1C(=O)O. The van der Waals surface area contributed by atoms with Gasteiger partial charge in [-0.3, -0.25) is 0 Å². The van der Waals surface area contributed by atoms with Crippen molar-refractivity contribution in [2.45, 2.75) is 0 Å². The quantitative estimate of drug-likeness (QED) is 0.646. The van der Waals surface area contributed by atoms with Crippen molar-refractivity contribution in [1.29, 1.82) is 0 Å². The van der Waals surface area contributed by atoms with Crippen LogP contribution in [-0.2, 0) is 0 Å². The van der Waals surface area contributed by atoms with E-state index in [9.17, 15) is 9.59 Å². The Morgan fingerprint density at radius 3 is 2.00 bits per heavy atom. The van der Waals surface area contributed by atoms with Crippen molar-refractivity contribution in [1.82, 2.24) is 0 Å². The lowest BCUT2D eigenvalue weighted by Gasteiger charge is -2.06. The normalized spacial score (nSPS) is 9.79. The number of nitrogen functional groups attached to an aromatic ring is 1. The van der Waals surface area contributed by atoms with Gasteiger partial charge in [0.2, 0.25) is 0 Å². The first-order chi connectivity index (χ1) is 6.45. The molecule has 0 aliphatic carbocycles. The highest BCUT2D eigenvalue weighted by atomic mass is 35.5. The van der Waals surface area contributed by atoms with Crippen LogP contribution in [0.15, 0.2) is 12.1 Å². The van der Waals surface area contributed by atoms with E-state index in [0.29, 0.717) is 0 Å². The maximum Gasteiger partial charge on any atom is 0.338 e. The Morgan fingerprint density at radius 1 is 1.14 bits per heavy atom. The lowest BCUT2D eigenvalue weighted by Crippen LogP contribution is -2.11. The van der Waals surface area contributed by atoms with Crippen molar-refractivity contribution in [2.75, 3.05) is 5.73 Å². The molecular formula is C8H6ClNO4. The number of carboxylic acids is 2. The van der Waals surface area contributed by atoms with Crippen LogP contribution in [0.5, 0.6) is 0 Å². The summed E-state index contributed by atoms with van der Waals surface area (Å²) in [7, 11) is 0. The van der Waals surface area contributed by atoms with Crippen LogP contribution in [-0.4, -0.2) is 22.2 Å². The number of carboxylic acid groups (broad SMARTS) is 2. The Labute approximate surface area is 83.7 Å². The maximum absolute atomic E-state index is 10.7. The first-order valence-corrected chi connectivity index (χ1v) is 3.87. The number of rotatable bonds is 2. The zero-order chi connectivity index (χ0) is 10.9. The lowest BCUT2D eigenvalue weighted by atomic mass is 10.1. The molecular weight excluding hydrogens is 210 g/mol. The topological polar surface area (TPSA) is 101 Å². The molecule has 0 unspecified atom stereocenters. The minimum Gasteiger partial charge on any atom is -0.478 e. The summed E-state index contributed by atoms with van der Waals surface area (Å²) >= 11 is 5.54. The highest BCUT2D eigenvalue weighted by Crippen LogP contribution is 2.25. The van der Waals surface area contributed by atoms with Gasteiger partial charge in [0.15, 0.2) is 0 Å². The largest absolute Gasteiger partial charge is 0.478 e. The van der Waals surface area contributed by atoms with Crippen LogP contribution in [0, 0.1) is 0 Å². The molecule has 0 heterocycles. The standard InChI is InChI=1S/C8H6ClNO4/c9-3-1-2-4(10)6(8(13)14)5(3)7(11)12/h1-2H,10H2,(H,11,12)(H,13,14). The van der Waals surface area contributed by atoms with E-state index in [2.05, 4.69) is 0 Å². The molecule has 14 heavy (non-hydrogen) atoms. The van der Waals surface area contributed by atoms with Crippen molar-refractivity contribution in [3.8, 4) is 0 Å². The van der Waals surface area contributed by atoms with Gasteiger partial charge in [0.05, 0.1) is 16.1 Å². The van der Waals surface area contributed by atoms with Gasteiger partial charge in [-0.2, -0.15) is 0 Å². The fraction of sp³-hybridized carbons (Fsp3) is 0. The molecule has 6 heteroatoms. The number of hydrogen-bond donors (Lipinski definition) is 3. The summed E-state index contributed by atoms with van der Waals surface area (Å²) < 4.78 is 0. The van der Waals surface area contributed by atoms with Gasteiger partial charge >= 0.3 is 11.9 Å². The molecule has 4 N–H and O–H groups in total. The van der Waals surface area contributed by atoms with E-state index in [1.165, 1.54) is 12.1 Å². The van der Waals surface area contributed by atoms with Crippen LogP contribution in [0.25, 0.3) is 0 Å². The molecule has 0 saturated carbocycles. The Balaban J connectivity index is 3.58. The van der Waals surface area contributed by atoms with E-state index < -0.39 is 23.1 Å². The molecule has 0 radical (unpaired) electrons. The van der Waals surface area contributed by atoms with E-state index in [1.54, 1.807) is 0 Å². The minimum absolute atomic E-state index is 0.126. The average molecular weight is 216 g/mol. The van der Waals surface area contributed by atoms with E-state index >= 15 is 0 Å². The summed E-state index contributed by atoms with van der Waals surface area (Å²) in [6, 6.07) is 2.49. The average Bonchev–Trinajstić information content (AvgIpc) is 2.07. The first-order valence-electron chi connectivity index (χ1n) is 3.49. The van der Waals surface area contributed by atoms with Gasteiger partial charge in [0.1, 0.15) is 0 Å². The summed E-state index contributed by atoms with van der Waals surface area (Å²) in [6.45, 7) is 0. The number of nitrogens with two attached hydrogens (primary N) is 1. The monoisotopic (exact) mass is 215 g/mol. The second-order valence-electron chi connectivity index (χ2n) is 2.50. The maximum atomic E-state index is 10.7. The van der Waals surface area contributed by atoms with Crippen LogP contribution in [0.1, 0.15) is 20.7 Å². The van der Waals surface area contributed by atoms with Gasteiger partial charge in [-0.05, 0) is 12.1 Å². The molecule has 74 valence electrons. The van der Waals surface area contributed by atoms with Crippen LogP contribution in [0.2, 0.25) is 5.02 Å². The molecule has 0 bridgehead atoms. The summed E-state index contributed by atoms with van der Waals surface area (Å²) in [5.41, 5.74) is 4.23. The predicted molar refractivity (Wildman–Crippen MR) is 49.8 cm³/mol. The summed E-state index contributed by atoms with van der Waals surface area (Å²) in [6.07, 6.45) is 0. The smallest absolute Gasteiger partial charge is 0.338 e. The third kappa shape index (κ3) is 1.62. The highest BCUT2D eigenvalue weighted by molar-refractivity contribution is 6.34. The van der Waals surface area contributed by atoms with Gasteiger partial charge in [0, 0.05) is 5.69 Å². The van der Waals surface area contributed by atoms with Crippen LogP contribution < -0.4 is 5.73 Å². The number of hydrogen-bond acceptors (Lipinski definition) is 3. The lowest BCUT2D eigenvalue weighted by molar-refractivity contribution is 0.0652. The zero-order valence-corrected chi connectivity index (χ0v) is 7.58. The number of anilines is 1. The van der Waals surface area contributed by atoms with Crippen molar-refractivity contribution < 1.29 is 19.8 Å². The Kier molecular flexibility index (Phi) is 2.62. The van der Waals surface area contributed by atoms with Gasteiger partial charge < -0.3 is 15.9 Å². The van der Waals surface area contributed by atoms with Crippen molar-refractivity contribution in [3.63, 3.8) is 0 Å². The van der Waals surface area contributed by atoms with Crippen molar-refractivity contribution in [2.24, 2.45) is 0 Å². The Hall–Kier alpha value is -1.75. The molecule has 0 aliphatic heterocycles. The molecule has 0 saturated heterocycles. The molecule has 0 spiro atoms. The Bertz CT molecular complexity index is 377. The molecule has 1 aromatic rings. The second kappa shape index (κ2) is 3.55. The number of halogens is 1. The molecule has 0 fully saturated rings.